The number of rotatable bonds is 9. The van der Waals surface area contributed by atoms with E-state index in [-0.39, 0.29) is 25.7 Å². The van der Waals surface area contributed by atoms with Crippen LogP contribution in [-0.4, -0.2) is 45.8 Å². The number of carboxylic acids is 2. The molecule has 6 N–H and O–H groups in total. The second kappa shape index (κ2) is 7.51. The van der Waals surface area contributed by atoms with Gasteiger partial charge < -0.3 is 21.7 Å². The predicted octanol–water partition coefficient (Wildman–Crippen LogP) is -1.49. The largest absolute Gasteiger partial charge is 0.480 e. The van der Waals surface area contributed by atoms with Crippen molar-refractivity contribution in [3.63, 3.8) is 0 Å². The van der Waals surface area contributed by atoms with Crippen LogP contribution in [0.25, 0.3) is 0 Å². The summed E-state index contributed by atoms with van der Waals surface area (Å²) in [6, 6.07) is -2.57. The Hall–Kier alpha value is -1.80. The Balaban J connectivity index is 3.96. The van der Waals surface area contributed by atoms with E-state index in [1.165, 1.54) is 0 Å². The lowest BCUT2D eigenvalue weighted by molar-refractivity contribution is -0.141. The zero-order valence-corrected chi connectivity index (χ0v) is 9.67. The molecular weight excluding hydrogens is 244 g/mol. The van der Waals surface area contributed by atoms with Gasteiger partial charge in [0, 0.05) is 25.7 Å². The maximum absolute atomic E-state index is 11.2. The van der Waals surface area contributed by atoms with E-state index in [0.29, 0.717) is 0 Å². The van der Waals surface area contributed by atoms with Crippen LogP contribution in [0.1, 0.15) is 25.7 Å². The lowest BCUT2D eigenvalue weighted by Crippen LogP contribution is -2.33. The van der Waals surface area contributed by atoms with E-state index in [2.05, 4.69) is 0 Å². The first-order chi connectivity index (χ1) is 8.23. The number of carbonyl (C=O) groups is 4. The van der Waals surface area contributed by atoms with Crippen molar-refractivity contribution >= 4 is 23.5 Å². The van der Waals surface area contributed by atoms with Crippen LogP contribution in [0.5, 0.6) is 0 Å². The molecule has 0 fully saturated rings. The molecule has 102 valence electrons. The molecule has 0 bridgehead atoms. The summed E-state index contributed by atoms with van der Waals surface area (Å²) < 4.78 is 0. The van der Waals surface area contributed by atoms with Gasteiger partial charge in [-0.15, -0.1) is 0 Å². The summed E-state index contributed by atoms with van der Waals surface area (Å²) in [5, 5.41) is 16.9. The lowest BCUT2D eigenvalue weighted by atomic mass is 10.0. The maximum Gasteiger partial charge on any atom is 0.320 e. The van der Waals surface area contributed by atoms with E-state index >= 15 is 0 Å². The molecule has 0 aromatic heterocycles. The lowest BCUT2D eigenvalue weighted by Gasteiger charge is -2.06. The van der Waals surface area contributed by atoms with E-state index in [1.54, 1.807) is 0 Å². The molecule has 0 saturated carbocycles. The molecule has 2 atom stereocenters. The predicted molar refractivity (Wildman–Crippen MR) is 59.7 cm³/mol. The smallest absolute Gasteiger partial charge is 0.320 e. The van der Waals surface area contributed by atoms with Gasteiger partial charge in [-0.05, 0) is 0 Å². The fourth-order valence-corrected chi connectivity index (χ4v) is 1.15. The Morgan fingerprint density at radius 1 is 0.778 bits per heavy atom. The zero-order valence-electron chi connectivity index (χ0n) is 9.67. The molecule has 2 unspecified atom stereocenters. The van der Waals surface area contributed by atoms with Gasteiger partial charge in [0.25, 0.3) is 0 Å². The van der Waals surface area contributed by atoms with Gasteiger partial charge in [-0.25, -0.2) is 0 Å². The summed E-state index contributed by atoms with van der Waals surface area (Å²) in [4.78, 5) is 43.2. The van der Waals surface area contributed by atoms with Gasteiger partial charge in [0.2, 0.25) is 0 Å². The fourth-order valence-electron chi connectivity index (χ4n) is 1.15. The number of hydrogen-bond donors (Lipinski definition) is 4. The summed E-state index contributed by atoms with van der Waals surface area (Å²) >= 11 is 0. The first-order valence-corrected chi connectivity index (χ1v) is 5.24. The highest BCUT2D eigenvalue weighted by Crippen LogP contribution is 2.03. The standard InChI is InChI=1S/C10H16N2O6/c11-7(9(15)16)3-5(13)1-2-6(14)4-8(12)10(17)18/h7-8H,1-4,11-12H2,(H,15,16)(H,17,18). The van der Waals surface area contributed by atoms with Gasteiger partial charge >= 0.3 is 11.9 Å². The summed E-state index contributed by atoms with van der Waals surface area (Å²) in [6.07, 6.45) is -1.03. The van der Waals surface area contributed by atoms with Gasteiger partial charge in [-0.1, -0.05) is 0 Å². The summed E-state index contributed by atoms with van der Waals surface area (Å²) in [7, 11) is 0. The molecule has 0 spiro atoms. The normalized spacial score (nSPS) is 13.7. The van der Waals surface area contributed by atoms with Crippen molar-refractivity contribution in [2.45, 2.75) is 37.8 Å². The number of hydrogen-bond acceptors (Lipinski definition) is 6. The molecule has 0 aromatic carbocycles. The SMILES string of the molecule is NC(CC(=O)CCC(=O)CC(N)C(=O)O)C(=O)O. The van der Waals surface area contributed by atoms with Crippen molar-refractivity contribution in [3.8, 4) is 0 Å². The third-order valence-electron chi connectivity index (χ3n) is 2.21. The number of carbonyl (C=O) groups excluding carboxylic acids is 2. The minimum absolute atomic E-state index is 0.161. The first kappa shape index (κ1) is 16.2. The molecule has 0 aliphatic heterocycles. The molecular formula is C10H16N2O6. The second-order valence-electron chi connectivity index (χ2n) is 3.88. The van der Waals surface area contributed by atoms with E-state index in [9.17, 15) is 19.2 Å². The average molecular weight is 260 g/mol. The van der Waals surface area contributed by atoms with Crippen LogP contribution in [0.15, 0.2) is 0 Å². The Kier molecular flexibility index (Phi) is 6.76. The van der Waals surface area contributed by atoms with E-state index in [0.717, 1.165) is 0 Å². The molecule has 0 heterocycles. The number of ketones is 2. The zero-order chi connectivity index (χ0) is 14.3. The van der Waals surface area contributed by atoms with Crippen molar-refractivity contribution < 1.29 is 29.4 Å². The van der Waals surface area contributed by atoms with Crippen LogP contribution in [0.3, 0.4) is 0 Å². The van der Waals surface area contributed by atoms with Gasteiger partial charge in [0.1, 0.15) is 23.7 Å². The molecule has 0 aromatic rings. The summed E-state index contributed by atoms with van der Waals surface area (Å²) in [5.74, 6) is -3.49. The first-order valence-electron chi connectivity index (χ1n) is 5.24. The molecule has 0 amide bonds. The van der Waals surface area contributed by atoms with Crippen LogP contribution >= 0.6 is 0 Å². The Bertz CT molecular complexity index is 320. The van der Waals surface area contributed by atoms with Gasteiger partial charge in [0.05, 0.1) is 0 Å². The van der Waals surface area contributed by atoms with Gasteiger partial charge in [-0.3, -0.25) is 19.2 Å². The van der Waals surface area contributed by atoms with E-state index in [1.807, 2.05) is 0 Å². The molecule has 18 heavy (non-hydrogen) atoms. The number of Topliss-reactive ketones (excluding diaryl/α,β-unsaturated/α-hetero) is 2. The fraction of sp³-hybridized carbons (Fsp3) is 0.600. The van der Waals surface area contributed by atoms with Crippen molar-refractivity contribution in [3.05, 3.63) is 0 Å². The Morgan fingerprint density at radius 2 is 1.06 bits per heavy atom. The molecule has 8 heteroatoms. The quantitative estimate of drug-likeness (QED) is 0.389. The minimum atomic E-state index is -1.29. The van der Waals surface area contributed by atoms with Crippen molar-refractivity contribution in [2.24, 2.45) is 11.5 Å². The van der Waals surface area contributed by atoms with Crippen molar-refractivity contribution in [1.82, 2.24) is 0 Å². The highest BCUT2D eigenvalue weighted by molar-refractivity contribution is 5.90. The average Bonchev–Trinajstić information content (AvgIpc) is 2.25. The summed E-state index contributed by atoms with van der Waals surface area (Å²) in [6.45, 7) is 0. The molecule has 0 aliphatic rings. The molecule has 8 nitrogen and oxygen atoms in total. The van der Waals surface area contributed by atoms with E-state index in [4.69, 9.17) is 21.7 Å². The molecule has 0 radical (unpaired) electrons. The topological polar surface area (TPSA) is 161 Å². The molecule has 0 aliphatic carbocycles. The van der Waals surface area contributed by atoms with Gasteiger partial charge in [0.15, 0.2) is 0 Å². The number of aliphatic carboxylic acids is 2. The number of carboxylic acid groups (broad SMARTS) is 2. The highest BCUT2D eigenvalue weighted by atomic mass is 16.4. The van der Waals surface area contributed by atoms with Crippen LogP contribution in [-0.2, 0) is 19.2 Å². The van der Waals surface area contributed by atoms with Crippen LogP contribution in [0, 0.1) is 0 Å². The van der Waals surface area contributed by atoms with Crippen LogP contribution in [0.2, 0.25) is 0 Å². The monoisotopic (exact) mass is 260 g/mol. The second-order valence-corrected chi connectivity index (χ2v) is 3.88. The van der Waals surface area contributed by atoms with E-state index < -0.39 is 35.6 Å². The van der Waals surface area contributed by atoms with Gasteiger partial charge in [-0.2, -0.15) is 0 Å². The Morgan fingerprint density at radius 3 is 1.28 bits per heavy atom. The highest BCUT2D eigenvalue weighted by Gasteiger charge is 2.19. The Labute approximate surface area is 103 Å². The number of nitrogens with two attached hydrogens (primary N) is 2. The molecule has 0 rings (SSSR count). The maximum atomic E-state index is 11.2. The minimum Gasteiger partial charge on any atom is -0.480 e. The third kappa shape index (κ3) is 6.71. The third-order valence-corrected chi connectivity index (χ3v) is 2.21. The summed E-state index contributed by atoms with van der Waals surface area (Å²) in [5.41, 5.74) is 10.3. The molecule has 0 saturated heterocycles. The van der Waals surface area contributed by atoms with Crippen molar-refractivity contribution in [2.75, 3.05) is 0 Å². The van der Waals surface area contributed by atoms with Crippen molar-refractivity contribution in [1.29, 1.82) is 0 Å². The van der Waals surface area contributed by atoms with Crippen LogP contribution in [0.4, 0.5) is 0 Å². The van der Waals surface area contributed by atoms with Crippen LogP contribution < -0.4 is 11.5 Å².